The van der Waals surface area contributed by atoms with Gasteiger partial charge in [0.15, 0.2) is 0 Å². The molecule has 0 radical (unpaired) electrons. The number of nitrogens with two attached hydrogens (primary N) is 1. The van der Waals surface area contributed by atoms with Crippen molar-refractivity contribution >= 4 is 11.3 Å². The van der Waals surface area contributed by atoms with Crippen LogP contribution in [0.15, 0.2) is 47.2 Å². The monoisotopic (exact) mass is 203 g/mol. The second-order valence-electron chi connectivity index (χ2n) is 3.26. The SMILES string of the molecule is NCC(c1ccccc1)c1ccsc1. The van der Waals surface area contributed by atoms with Crippen molar-refractivity contribution in [1.29, 1.82) is 0 Å². The maximum atomic E-state index is 5.80. The third kappa shape index (κ3) is 1.86. The van der Waals surface area contributed by atoms with Gasteiger partial charge in [-0.3, -0.25) is 0 Å². The Balaban J connectivity index is 2.31. The average Bonchev–Trinajstić information content (AvgIpc) is 2.74. The molecule has 0 aliphatic rings. The summed E-state index contributed by atoms with van der Waals surface area (Å²) in [5, 5.41) is 4.27. The average molecular weight is 203 g/mol. The fourth-order valence-electron chi connectivity index (χ4n) is 1.62. The van der Waals surface area contributed by atoms with E-state index in [-0.39, 0.29) is 0 Å². The van der Waals surface area contributed by atoms with Crippen LogP contribution in [0.3, 0.4) is 0 Å². The van der Waals surface area contributed by atoms with E-state index in [0.29, 0.717) is 12.5 Å². The van der Waals surface area contributed by atoms with Crippen LogP contribution in [0.25, 0.3) is 0 Å². The van der Waals surface area contributed by atoms with E-state index in [0.717, 1.165) is 0 Å². The molecule has 1 atom stereocenters. The quantitative estimate of drug-likeness (QED) is 0.815. The van der Waals surface area contributed by atoms with Gasteiger partial charge in [0.05, 0.1) is 0 Å². The van der Waals surface area contributed by atoms with Crippen LogP contribution in [0, 0.1) is 0 Å². The number of hydrogen-bond acceptors (Lipinski definition) is 2. The summed E-state index contributed by atoms with van der Waals surface area (Å²) >= 11 is 1.72. The van der Waals surface area contributed by atoms with Crippen molar-refractivity contribution in [2.24, 2.45) is 5.73 Å². The molecule has 0 aliphatic carbocycles. The Morgan fingerprint density at radius 1 is 1.07 bits per heavy atom. The highest BCUT2D eigenvalue weighted by Crippen LogP contribution is 2.24. The van der Waals surface area contributed by atoms with E-state index in [1.165, 1.54) is 11.1 Å². The van der Waals surface area contributed by atoms with Gasteiger partial charge in [0, 0.05) is 12.5 Å². The molecular weight excluding hydrogens is 190 g/mol. The van der Waals surface area contributed by atoms with E-state index in [4.69, 9.17) is 5.73 Å². The second-order valence-corrected chi connectivity index (χ2v) is 4.04. The first-order valence-electron chi connectivity index (χ1n) is 4.69. The van der Waals surface area contributed by atoms with Crippen molar-refractivity contribution < 1.29 is 0 Å². The summed E-state index contributed by atoms with van der Waals surface area (Å²) in [7, 11) is 0. The Kier molecular flexibility index (Phi) is 2.96. The summed E-state index contributed by atoms with van der Waals surface area (Å²) in [6.07, 6.45) is 0. The molecule has 0 bridgehead atoms. The Hall–Kier alpha value is -1.12. The normalized spacial score (nSPS) is 12.6. The Morgan fingerprint density at radius 2 is 1.86 bits per heavy atom. The van der Waals surface area contributed by atoms with Gasteiger partial charge in [0.1, 0.15) is 0 Å². The van der Waals surface area contributed by atoms with E-state index >= 15 is 0 Å². The summed E-state index contributed by atoms with van der Waals surface area (Å²) in [6, 6.07) is 12.6. The van der Waals surface area contributed by atoms with E-state index in [1.807, 2.05) is 6.07 Å². The standard InChI is InChI=1S/C12H13NS/c13-8-12(11-6-7-14-9-11)10-4-2-1-3-5-10/h1-7,9,12H,8,13H2. The van der Waals surface area contributed by atoms with E-state index in [9.17, 15) is 0 Å². The number of rotatable bonds is 3. The van der Waals surface area contributed by atoms with Gasteiger partial charge in [0.25, 0.3) is 0 Å². The molecule has 0 spiro atoms. The fourth-order valence-corrected chi connectivity index (χ4v) is 2.34. The van der Waals surface area contributed by atoms with Crippen molar-refractivity contribution in [2.75, 3.05) is 6.54 Å². The van der Waals surface area contributed by atoms with Gasteiger partial charge in [-0.2, -0.15) is 11.3 Å². The van der Waals surface area contributed by atoms with Crippen LogP contribution in [0.2, 0.25) is 0 Å². The summed E-state index contributed by atoms with van der Waals surface area (Å²) in [5.41, 5.74) is 8.42. The maximum absolute atomic E-state index is 5.80. The van der Waals surface area contributed by atoms with Crippen molar-refractivity contribution in [3.63, 3.8) is 0 Å². The maximum Gasteiger partial charge on any atom is 0.0220 e. The molecule has 0 saturated heterocycles. The molecule has 0 aliphatic heterocycles. The van der Waals surface area contributed by atoms with Crippen LogP contribution in [0.1, 0.15) is 17.0 Å². The minimum absolute atomic E-state index is 0.349. The number of benzene rings is 1. The smallest absolute Gasteiger partial charge is 0.0220 e. The molecule has 1 aromatic carbocycles. The molecule has 14 heavy (non-hydrogen) atoms. The van der Waals surface area contributed by atoms with Crippen LogP contribution in [0.5, 0.6) is 0 Å². The molecule has 1 aromatic heterocycles. The van der Waals surface area contributed by atoms with Crippen LogP contribution in [-0.4, -0.2) is 6.54 Å². The lowest BCUT2D eigenvalue weighted by Crippen LogP contribution is -2.12. The Bertz CT molecular complexity index is 366. The highest BCUT2D eigenvalue weighted by molar-refractivity contribution is 7.08. The third-order valence-electron chi connectivity index (χ3n) is 2.38. The van der Waals surface area contributed by atoms with E-state index in [1.54, 1.807) is 11.3 Å². The summed E-state index contributed by atoms with van der Waals surface area (Å²) in [6.45, 7) is 0.667. The van der Waals surface area contributed by atoms with Crippen LogP contribution >= 0.6 is 11.3 Å². The van der Waals surface area contributed by atoms with Crippen molar-refractivity contribution in [2.45, 2.75) is 5.92 Å². The largest absolute Gasteiger partial charge is 0.330 e. The third-order valence-corrected chi connectivity index (χ3v) is 3.08. The number of thiophene rings is 1. The minimum Gasteiger partial charge on any atom is -0.330 e. The topological polar surface area (TPSA) is 26.0 Å². The molecule has 2 heteroatoms. The predicted molar refractivity (Wildman–Crippen MR) is 61.7 cm³/mol. The lowest BCUT2D eigenvalue weighted by molar-refractivity contribution is 0.823. The van der Waals surface area contributed by atoms with Crippen molar-refractivity contribution in [1.82, 2.24) is 0 Å². The van der Waals surface area contributed by atoms with Gasteiger partial charge in [-0.15, -0.1) is 0 Å². The van der Waals surface area contributed by atoms with Crippen LogP contribution in [0.4, 0.5) is 0 Å². The molecule has 2 rings (SSSR count). The zero-order valence-corrected chi connectivity index (χ0v) is 8.71. The molecule has 0 saturated carbocycles. The molecule has 0 amide bonds. The van der Waals surface area contributed by atoms with Crippen LogP contribution in [-0.2, 0) is 0 Å². The second kappa shape index (κ2) is 4.40. The highest BCUT2D eigenvalue weighted by Gasteiger charge is 2.11. The molecule has 1 nitrogen and oxygen atoms in total. The lowest BCUT2D eigenvalue weighted by Gasteiger charge is -2.13. The highest BCUT2D eigenvalue weighted by atomic mass is 32.1. The molecule has 2 aromatic rings. The van der Waals surface area contributed by atoms with Crippen LogP contribution < -0.4 is 5.73 Å². The molecule has 0 fully saturated rings. The number of hydrogen-bond donors (Lipinski definition) is 1. The predicted octanol–water partition coefficient (Wildman–Crippen LogP) is 2.84. The molecular formula is C12H13NS. The van der Waals surface area contributed by atoms with Crippen molar-refractivity contribution in [3.8, 4) is 0 Å². The lowest BCUT2D eigenvalue weighted by atomic mass is 9.94. The van der Waals surface area contributed by atoms with Gasteiger partial charge in [-0.1, -0.05) is 30.3 Å². The summed E-state index contributed by atoms with van der Waals surface area (Å²) in [5.74, 6) is 0.349. The Labute approximate surface area is 88.2 Å². The first-order valence-corrected chi connectivity index (χ1v) is 5.63. The first-order chi connectivity index (χ1) is 6.92. The van der Waals surface area contributed by atoms with Gasteiger partial charge in [-0.25, -0.2) is 0 Å². The molecule has 1 heterocycles. The van der Waals surface area contributed by atoms with Gasteiger partial charge in [-0.05, 0) is 28.0 Å². The van der Waals surface area contributed by atoms with Gasteiger partial charge >= 0.3 is 0 Å². The molecule has 72 valence electrons. The minimum atomic E-state index is 0.349. The zero-order chi connectivity index (χ0) is 9.80. The molecule has 1 unspecified atom stereocenters. The fraction of sp³-hybridized carbons (Fsp3) is 0.167. The van der Waals surface area contributed by atoms with Gasteiger partial charge < -0.3 is 5.73 Å². The van der Waals surface area contributed by atoms with Crippen molar-refractivity contribution in [3.05, 3.63) is 58.3 Å². The first kappa shape index (κ1) is 9.44. The Morgan fingerprint density at radius 3 is 2.43 bits per heavy atom. The van der Waals surface area contributed by atoms with E-state index < -0.39 is 0 Å². The molecule has 2 N–H and O–H groups in total. The summed E-state index contributed by atoms with van der Waals surface area (Å²) in [4.78, 5) is 0. The van der Waals surface area contributed by atoms with E-state index in [2.05, 4.69) is 41.1 Å². The zero-order valence-electron chi connectivity index (χ0n) is 7.89. The summed E-state index contributed by atoms with van der Waals surface area (Å²) < 4.78 is 0. The van der Waals surface area contributed by atoms with Gasteiger partial charge in [0.2, 0.25) is 0 Å².